The Balaban J connectivity index is 1.59. The molecule has 170 valence electrons. The lowest BCUT2D eigenvalue weighted by Crippen LogP contribution is -2.14. The number of nitrogens with zero attached hydrogens (tertiary/aromatic N) is 4. The van der Waals surface area contributed by atoms with Crippen LogP contribution in [0.5, 0.6) is 0 Å². The van der Waals surface area contributed by atoms with E-state index < -0.39 is 0 Å². The minimum absolute atomic E-state index is 0.701. The molecule has 0 amide bonds. The Hall–Kier alpha value is -3.81. The predicted molar refractivity (Wildman–Crippen MR) is 143 cm³/mol. The smallest absolute Gasteiger partial charge is 0.161 e. The molecule has 0 spiro atoms. The van der Waals surface area contributed by atoms with Crippen LogP contribution in [0.2, 0.25) is 0 Å². The summed E-state index contributed by atoms with van der Waals surface area (Å²) in [4.78, 5) is 16.7. The second-order valence-electron chi connectivity index (χ2n) is 8.33. The molecule has 1 aromatic carbocycles. The van der Waals surface area contributed by atoms with Gasteiger partial charge in [-0.05, 0) is 67.9 Å². The number of benzene rings is 1. The first-order valence-corrected chi connectivity index (χ1v) is 12.0. The molecule has 4 aromatic heterocycles. The van der Waals surface area contributed by atoms with Crippen molar-refractivity contribution in [2.24, 2.45) is 0 Å². The van der Waals surface area contributed by atoms with Gasteiger partial charge in [0.05, 0.1) is 22.2 Å². The Labute approximate surface area is 202 Å². The average molecular weight is 467 g/mol. The number of thiophene rings is 1. The van der Waals surface area contributed by atoms with Gasteiger partial charge in [0.25, 0.3) is 0 Å². The summed E-state index contributed by atoms with van der Waals surface area (Å²) in [5, 5.41) is 9.75. The third-order valence-electron chi connectivity index (χ3n) is 5.64. The number of hydrogen-bond donors (Lipinski definition) is 2. The SMILES string of the molecule is C=C/C(=C\C(=C/C)c1ccc2[nH]nc(-c3nc4c(-c5cccs5)cccc4[nH]3)c2n1)CN(C)C. The summed E-state index contributed by atoms with van der Waals surface area (Å²) in [6.45, 7) is 6.80. The second kappa shape index (κ2) is 9.21. The first kappa shape index (κ1) is 22.0. The van der Waals surface area contributed by atoms with Crippen LogP contribution in [0.3, 0.4) is 0 Å². The number of para-hydroxylation sites is 1. The van der Waals surface area contributed by atoms with Crippen molar-refractivity contribution in [2.45, 2.75) is 6.92 Å². The van der Waals surface area contributed by atoms with Crippen LogP contribution in [0, 0.1) is 0 Å². The van der Waals surface area contributed by atoms with E-state index in [0.29, 0.717) is 11.5 Å². The molecule has 0 unspecified atom stereocenters. The van der Waals surface area contributed by atoms with Gasteiger partial charge in [0.15, 0.2) is 11.5 Å². The topological polar surface area (TPSA) is 73.5 Å². The van der Waals surface area contributed by atoms with E-state index in [2.05, 4.69) is 62.4 Å². The lowest BCUT2D eigenvalue weighted by atomic mass is 10.1. The third-order valence-corrected chi connectivity index (χ3v) is 6.54. The molecule has 5 aromatic rings. The molecule has 5 rings (SSSR count). The zero-order valence-electron chi connectivity index (χ0n) is 19.5. The van der Waals surface area contributed by atoms with Crippen molar-refractivity contribution in [1.29, 1.82) is 0 Å². The van der Waals surface area contributed by atoms with E-state index in [0.717, 1.165) is 51.0 Å². The van der Waals surface area contributed by atoms with Gasteiger partial charge in [-0.2, -0.15) is 5.10 Å². The molecule has 7 heteroatoms. The Morgan fingerprint density at radius 3 is 2.68 bits per heavy atom. The van der Waals surface area contributed by atoms with Gasteiger partial charge in [-0.3, -0.25) is 5.10 Å². The fraction of sp³-hybridized carbons (Fsp3) is 0.148. The second-order valence-corrected chi connectivity index (χ2v) is 9.28. The van der Waals surface area contributed by atoms with Crippen LogP contribution >= 0.6 is 11.3 Å². The zero-order valence-corrected chi connectivity index (χ0v) is 20.3. The molecule has 0 radical (unpaired) electrons. The van der Waals surface area contributed by atoms with Gasteiger partial charge >= 0.3 is 0 Å². The summed E-state index contributed by atoms with van der Waals surface area (Å²) in [6, 6.07) is 14.4. The first-order valence-electron chi connectivity index (χ1n) is 11.1. The molecule has 34 heavy (non-hydrogen) atoms. The number of aromatic amines is 2. The average Bonchev–Trinajstić information content (AvgIpc) is 3.59. The van der Waals surface area contributed by atoms with Crippen molar-refractivity contribution >= 4 is 39.0 Å². The molecule has 0 atom stereocenters. The van der Waals surface area contributed by atoms with Gasteiger partial charge in [0.1, 0.15) is 5.52 Å². The van der Waals surface area contributed by atoms with Gasteiger partial charge in [-0.1, -0.05) is 36.9 Å². The summed E-state index contributed by atoms with van der Waals surface area (Å²) in [5.74, 6) is 0.701. The molecule has 0 aliphatic rings. The van der Waals surface area contributed by atoms with Crippen LogP contribution in [-0.4, -0.2) is 50.7 Å². The number of nitrogens with one attached hydrogen (secondary N) is 2. The summed E-state index contributed by atoms with van der Waals surface area (Å²) < 4.78 is 0. The van der Waals surface area contributed by atoms with Gasteiger partial charge in [0.2, 0.25) is 0 Å². The maximum atomic E-state index is 4.98. The van der Waals surface area contributed by atoms with Crippen molar-refractivity contribution in [3.63, 3.8) is 0 Å². The third kappa shape index (κ3) is 4.11. The molecular formula is C27H26N6S. The minimum atomic E-state index is 0.701. The number of aromatic nitrogens is 5. The number of rotatable bonds is 7. The van der Waals surface area contributed by atoms with E-state index in [1.807, 2.05) is 51.4 Å². The summed E-state index contributed by atoms with van der Waals surface area (Å²) >= 11 is 1.71. The fourth-order valence-electron chi connectivity index (χ4n) is 4.04. The van der Waals surface area contributed by atoms with Crippen LogP contribution in [-0.2, 0) is 0 Å². The van der Waals surface area contributed by atoms with Crippen molar-refractivity contribution in [1.82, 2.24) is 30.0 Å². The number of fused-ring (bicyclic) bond motifs is 2. The molecule has 2 N–H and O–H groups in total. The van der Waals surface area contributed by atoms with Crippen LogP contribution in [0.15, 0.2) is 78.2 Å². The van der Waals surface area contributed by atoms with E-state index in [1.165, 1.54) is 4.88 Å². The largest absolute Gasteiger partial charge is 0.336 e. The Morgan fingerprint density at radius 1 is 1.06 bits per heavy atom. The Kier molecular flexibility index (Phi) is 5.96. The molecule has 0 saturated carbocycles. The number of pyridine rings is 1. The highest BCUT2D eigenvalue weighted by Gasteiger charge is 2.17. The highest BCUT2D eigenvalue weighted by atomic mass is 32.1. The van der Waals surface area contributed by atoms with Gasteiger partial charge in [0, 0.05) is 17.0 Å². The van der Waals surface area contributed by atoms with Gasteiger partial charge < -0.3 is 9.88 Å². The minimum Gasteiger partial charge on any atom is -0.336 e. The molecule has 0 bridgehead atoms. The number of imidazole rings is 1. The van der Waals surface area contributed by atoms with Crippen molar-refractivity contribution < 1.29 is 0 Å². The maximum absolute atomic E-state index is 4.98. The molecular weight excluding hydrogens is 440 g/mol. The molecule has 0 aliphatic heterocycles. The highest BCUT2D eigenvalue weighted by Crippen LogP contribution is 2.33. The number of likely N-dealkylation sites (N-methyl/N-ethyl adjacent to an activating group) is 1. The zero-order chi connectivity index (χ0) is 23.7. The highest BCUT2D eigenvalue weighted by molar-refractivity contribution is 7.13. The monoisotopic (exact) mass is 466 g/mol. The predicted octanol–water partition coefficient (Wildman–Crippen LogP) is 6.31. The molecule has 0 saturated heterocycles. The van der Waals surface area contributed by atoms with E-state index in [4.69, 9.17) is 9.97 Å². The summed E-state index contributed by atoms with van der Waals surface area (Å²) in [6.07, 6.45) is 6.10. The lowest BCUT2D eigenvalue weighted by molar-refractivity contribution is 0.449. The maximum Gasteiger partial charge on any atom is 0.161 e. The van der Waals surface area contributed by atoms with Crippen LogP contribution in [0.1, 0.15) is 12.6 Å². The van der Waals surface area contributed by atoms with Gasteiger partial charge in [-0.15, -0.1) is 11.3 Å². The van der Waals surface area contributed by atoms with E-state index in [1.54, 1.807) is 11.3 Å². The quantitative estimate of drug-likeness (QED) is 0.276. The number of hydrogen-bond acceptors (Lipinski definition) is 5. The van der Waals surface area contributed by atoms with Crippen LogP contribution < -0.4 is 0 Å². The first-order chi connectivity index (χ1) is 16.6. The number of H-pyrrole nitrogens is 2. The molecule has 4 heterocycles. The molecule has 6 nitrogen and oxygen atoms in total. The van der Waals surface area contributed by atoms with E-state index >= 15 is 0 Å². The molecule has 0 fully saturated rings. The summed E-state index contributed by atoms with van der Waals surface area (Å²) in [5.41, 5.74) is 8.44. The van der Waals surface area contributed by atoms with Crippen LogP contribution in [0.25, 0.3) is 49.6 Å². The molecule has 0 aliphatic carbocycles. The Bertz CT molecular complexity index is 1530. The fourth-order valence-corrected chi connectivity index (χ4v) is 4.79. The van der Waals surface area contributed by atoms with Crippen molar-refractivity contribution in [3.8, 4) is 22.0 Å². The Morgan fingerprint density at radius 2 is 1.94 bits per heavy atom. The van der Waals surface area contributed by atoms with Crippen LogP contribution in [0.4, 0.5) is 0 Å². The lowest BCUT2D eigenvalue weighted by Gasteiger charge is -2.11. The van der Waals surface area contributed by atoms with E-state index in [-0.39, 0.29) is 0 Å². The van der Waals surface area contributed by atoms with Gasteiger partial charge in [-0.25, -0.2) is 9.97 Å². The standard InChI is InChI=1S/C27H26N6S/c1-5-17(16-33(3)4)15-18(6-2)20-12-13-22-25(28-20)26(32-31-22)27-29-21-10-7-9-19(24(21)30-27)23-11-8-14-34-23/h5-15H,1,16H2,2-4H3,(H,29,30)(H,31,32)/b17-15+,18-6+. The van der Waals surface area contributed by atoms with E-state index in [9.17, 15) is 0 Å². The number of allylic oxidation sites excluding steroid dienone is 3. The van der Waals surface area contributed by atoms with Crippen molar-refractivity contribution in [3.05, 3.63) is 83.9 Å². The normalized spacial score (nSPS) is 12.8. The van der Waals surface area contributed by atoms with Crippen molar-refractivity contribution in [2.75, 3.05) is 20.6 Å². The summed E-state index contributed by atoms with van der Waals surface area (Å²) in [7, 11) is 4.10.